The molecule has 1 nitrogen and oxygen atoms in total. The van der Waals surface area contributed by atoms with Crippen LogP contribution in [-0.4, -0.2) is 12.0 Å². The molecule has 0 spiro atoms. The fraction of sp³-hybridized carbons (Fsp3) is 0.300. The van der Waals surface area contributed by atoms with E-state index in [1.807, 2.05) is 0 Å². The number of hydrogen-bond acceptors (Lipinski definition) is 2. The summed E-state index contributed by atoms with van der Waals surface area (Å²) in [5.41, 5.74) is 0.997. The Balaban J connectivity index is 2.34. The molecule has 0 radical (unpaired) electrons. The van der Waals surface area contributed by atoms with Crippen molar-refractivity contribution in [1.82, 2.24) is 0 Å². The van der Waals surface area contributed by atoms with Gasteiger partial charge in [-0.05, 0) is 23.8 Å². The highest BCUT2D eigenvalue weighted by atomic mass is 32.2. The van der Waals surface area contributed by atoms with E-state index in [9.17, 15) is 9.18 Å². The van der Waals surface area contributed by atoms with Gasteiger partial charge in [0.25, 0.3) is 0 Å². The summed E-state index contributed by atoms with van der Waals surface area (Å²) in [5, 5.41) is 0. The van der Waals surface area contributed by atoms with Gasteiger partial charge in [-0.2, -0.15) is 0 Å². The number of carbonyl (C=O) groups excluding carboxylic acids is 1. The molecule has 2 rings (SSSR count). The molecule has 0 aromatic heterocycles. The summed E-state index contributed by atoms with van der Waals surface area (Å²) >= 11 is 1.70. The average molecular weight is 196 g/mol. The zero-order valence-electron chi connectivity index (χ0n) is 7.00. The molecule has 0 fully saturated rings. The fourth-order valence-corrected chi connectivity index (χ4v) is 2.81. The predicted octanol–water partition coefficient (Wildman–Crippen LogP) is 2.60. The van der Waals surface area contributed by atoms with Crippen LogP contribution in [0.4, 0.5) is 4.39 Å². The van der Waals surface area contributed by atoms with Gasteiger partial charge < -0.3 is 4.79 Å². The van der Waals surface area contributed by atoms with Gasteiger partial charge in [0.05, 0.1) is 0 Å². The van der Waals surface area contributed by atoms with Crippen molar-refractivity contribution in [2.24, 2.45) is 0 Å². The van der Waals surface area contributed by atoms with Crippen LogP contribution in [0.1, 0.15) is 17.9 Å². The van der Waals surface area contributed by atoms with Crippen molar-refractivity contribution >= 4 is 18.0 Å². The Bertz CT molecular complexity index is 338. The summed E-state index contributed by atoms with van der Waals surface area (Å²) in [4.78, 5) is 11.5. The highest BCUT2D eigenvalue weighted by Gasteiger charge is 2.22. The van der Waals surface area contributed by atoms with Crippen LogP contribution < -0.4 is 0 Å². The quantitative estimate of drug-likeness (QED) is 0.676. The third-order valence-electron chi connectivity index (χ3n) is 2.23. The third-order valence-corrected chi connectivity index (χ3v) is 3.48. The van der Waals surface area contributed by atoms with Gasteiger partial charge in [-0.25, -0.2) is 4.39 Å². The zero-order valence-corrected chi connectivity index (χ0v) is 7.81. The molecule has 1 atom stereocenters. The molecule has 68 valence electrons. The van der Waals surface area contributed by atoms with Crippen molar-refractivity contribution in [3.05, 3.63) is 29.6 Å². The first kappa shape index (κ1) is 8.75. The maximum atomic E-state index is 12.9. The van der Waals surface area contributed by atoms with Crippen molar-refractivity contribution in [1.29, 1.82) is 0 Å². The average Bonchev–Trinajstić information content (AvgIpc) is 2.49. The lowest BCUT2D eigenvalue weighted by Crippen LogP contribution is -1.97. The minimum atomic E-state index is -0.211. The maximum Gasteiger partial charge on any atom is 0.123 e. The lowest BCUT2D eigenvalue weighted by molar-refractivity contribution is -0.108. The first-order valence-electron chi connectivity index (χ1n) is 4.17. The Hall–Kier alpha value is -0.830. The van der Waals surface area contributed by atoms with E-state index in [-0.39, 0.29) is 11.7 Å². The van der Waals surface area contributed by atoms with Crippen molar-refractivity contribution in [2.45, 2.75) is 17.2 Å². The molecule has 0 bridgehead atoms. The summed E-state index contributed by atoms with van der Waals surface area (Å²) in [6.07, 6.45) is 1.41. The predicted molar refractivity (Wildman–Crippen MR) is 50.5 cm³/mol. The summed E-state index contributed by atoms with van der Waals surface area (Å²) < 4.78 is 12.9. The molecular formula is C10H9FOS. The number of hydrogen-bond donors (Lipinski definition) is 0. The number of halogens is 1. The Kier molecular flexibility index (Phi) is 2.36. The van der Waals surface area contributed by atoms with Gasteiger partial charge in [0, 0.05) is 23.0 Å². The van der Waals surface area contributed by atoms with Crippen LogP contribution in [0.5, 0.6) is 0 Å². The van der Waals surface area contributed by atoms with Gasteiger partial charge in [-0.15, -0.1) is 11.8 Å². The minimum absolute atomic E-state index is 0.211. The number of benzene rings is 1. The van der Waals surface area contributed by atoms with Crippen LogP contribution in [0.2, 0.25) is 0 Å². The van der Waals surface area contributed by atoms with E-state index in [1.54, 1.807) is 23.9 Å². The minimum Gasteiger partial charge on any atom is -0.303 e. The molecule has 1 heterocycles. The molecule has 1 aliphatic heterocycles. The molecule has 3 heteroatoms. The lowest BCUT2D eigenvalue weighted by Gasteiger charge is -2.05. The van der Waals surface area contributed by atoms with Crippen molar-refractivity contribution in [3.8, 4) is 0 Å². The second-order valence-electron chi connectivity index (χ2n) is 3.09. The lowest BCUT2D eigenvalue weighted by atomic mass is 9.99. The van der Waals surface area contributed by atoms with E-state index in [4.69, 9.17) is 0 Å². The van der Waals surface area contributed by atoms with E-state index in [1.165, 1.54) is 6.07 Å². The SMILES string of the molecule is O=CCC1CSc2ccc(F)cc21. The highest BCUT2D eigenvalue weighted by molar-refractivity contribution is 7.99. The summed E-state index contributed by atoms with van der Waals surface area (Å²) in [7, 11) is 0. The Labute approximate surface area is 80.3 Å². The summed E-state index contributed by atoms with van der Waals surface area (Å²) in [6, 6.07) is 4.80. The molecule has 1 aliphatic rings. The topological polar surface area (TPSA) is 17.1 Å². The van der Waals surface area contributed by atoms with Crippen LogP contribution in [0.25, 0.3) is 0 Å². The van der Waals surface area contributed by atoms with Crippen molar-refractivity contribution in [2.75, 3.05) is 5.75 Å². The smallest absolute Gasteiger partial charge is 0.123 e. The van der Waals surface area contributed by atoms with E-state index < -0.39 is 0 Å². The number of fused-ring (bicyclic) bond motifs is 1. The van der Waals surface area contributed by atoms with E-state index in [2.05, 4.69) is 0 Å². The molecule has 1 aromatic carbocycles. The highest BCUT2D eigenvalue weighted by Crippen LogP contribution is 2.40. The van der Waals surface area contributed by atoms with Crippen molar-refractivity contribution in [3.63, 3.8) is 0 Å². The van der Waals surface area contributed by atoms with E-state index in [0.717, 1.165) is 22.5 Å². The number of thioether (sulfide) groups is 1. The van der Waals surface area contributed by atoms with Gasteiger partial charge in [-0.3, -0.25) is 0 Å². The summed E-state index contributed by atoms with van der Waals surface area (Å²) in [5.74, 6) is 0.905. The molecule has 13 heavy (non-hydrogen) atoms. The van der Waals surface area contributed by atoms with E-state index >= 15 is 0 Å². The Morgan fingerprint density at radius 2 is 2.46 bits per heavy atom. The van der Waals surface area contributed by atoms with Gasteiger partial charge in [-0.1, -0.05) is 0 Å². The van der Waals surface area contributed by atoms with Gasteiger partial charge >= 0.3 is 0 Å². The first-order valence-corrected chi connectivity index (χ1v) is 5.15. The number of rotatable bonds is 2. The zero-order chi connectivity index (χ0) is 9.26. The van der Waals surface area contributed by atoms with E-state index in [0.29, 0.717) is 6.42 Å². The molecule has 0 amide bonds. The Morgan fingerprint density at radius 3 is 3.23 bits per heavy atom. The molecular weight excluding hydrogens is 187 g/mol. The van der Waals surface area contributed by atoms with Gasteiger partial charge in [0.1, 0.15) is 12.1 Å². The number of aldehydes is 1. The second kappa shape index (κ2) is 3.50. The van der Waals surface area contributed by atoms with Crippen molar-refractivity contribution < 1.29 is 9.18 Å². The molecule has 0 N–H and O–H groups in total. The maximum absolute atomic E-state index is 12.9. The molecule has 0 saturated heterocycles. The second-order valence-corrected chi connectivity index (χ2v) is 4.15. The van der Waals surface area contributed by atoms with Crippen LogP contribution in [0.3, 0.4) is 0 Å². The Morgan fingerprint density at radius 1 is 1.62 bits per heavy atom. The van der Waals surface area contributed by atoms with Gasteiger partial charge in [0.15, 0.2) is 0 Å². The van der Waals surface area contributed by atoms with Crippen LogP contribution in [0, 0.1) is 5.82 Å². The molecule has 0 aliphatic carbocycles. The fourth-order valence-electron chi connectivity index (χ4n) is 1.56. The normalized spacial score (nSPS) is 19.9. The first-order chi connectivity index (χ1) is 6.31. The molecule has 1 aromatic rings. The monoisotopic (exact) mass is 196 g/mol. The van der Waals surface area contributed by atoms with Crippen LogP contribution >= 0.6 is 11.8 Å². The van der Waals surface area contributed by atoms with Crippen LogP contribution in [-0.2, 0) is 4.79 Å². The molecule has 0 saturated carbocycles. The molecule has 1 unspecified atom stereocenters. The van der Waals surface area contributed by atoms with Crippen LogP contribution in [0.15, 0.2) is 23.1 Å². The third kappa shape index (κ3) is 1.61. The largest absolute Gasteiger partial charge is 0.303 e. The summed E-state index contributed by atoms with van der Waals surface area (Å²) in [6.45, 7) is 0. The van der Waals surface area contributed by atoms with Gasteiger partial charge in [0.2, 0.25) is 0 Å². The number of carbonyl (C=O) groups is 1. The standard InChI is InChI=1S/C10H9FOS/c11-8-1-2-10-9(5-8)7(3-4-12)6-13-10/h1-2,4-5,7H,3,6H2.